The normalized spacial score (nSPS) is 14.4. The second-order valence-electron chi connectivity index (χ2n) is 5.00. The van der Waals surface area contributed by atoms with E-state index in [0.29, 0.717) is 24.7 Å². The number of hydrogen-bond acceptors (Lipinski definition) is 4. The molecule has 1 fully saturated rings. The number of carbonyl (C=O) groups is 1. The van der Waals surface area contributed by atoms with Crippen molar-refractivity contribution in [2.24, 2.45) is 5.92 Å². The van der Waals surface area contributed by atoms with Gasteiger partial charge < -0.3 is 10.6 Å². The summed E-state index contributed by atoms with van der Waals surface area (Å²) in [6.07, 6.45) is 3.45. The first kappa shape index (κ1) is 14.3. The Balaban J connectivity index is 2.17. The summed E-state index contributed by atoms with van der Waals surface area (Å²) < 4.78 is 0. The van der Waals surface area contributed by atoms with E-state index < -0.39 is 4.92 Å². The van der Waals surface area contributed by atoms with Crippen molar-refractivity contribution in [2.75, 3.05) is 18.4 Å². The molecule has 20 heavy (non-hydrogen) atoms. The molecule has 2 N–H and O–H groups in total. The zero-order chi connectivity index (χ0) is 14.5. The third kappa shape index (κ3) is 3.07. The first-order valence-corrected chi connectivity index (χ1v) is 6.93. The lowest BCUT2D eigenvalue weighted by Crippen LogP contribution is -2.32. The van der Waals surface area contributed by atoms with E-state index in [1.165, 1.54) is 12.5 Å². The van der Waals surface area contributed by atoms with Gasteiger partial charge in [0.15, 0.2) is 0 Å². The van der Waals surface area contributed by atoms with Gasteiger partial charge in [-0.1, -0.05) is 12.5 Å². The number of hydrogen-bond donors (Lipinski definition) is 2. The molecule has 0 radical (unpaired) electrons. The Morgan fingerprint density at radius 2 is 2.20 bits per heavy atom. The van der Waals surface area contributed by atoms with Crippen LogP contribution in [0.4, 0.5) is 11.4 Å². The molecule has 1 aliphatic carbocycles. The zero-order valence-corrected chi connectivity index (χ0v) is 11.5. The number of para-hydroxylation sites is 1. The first-order valence-electron chi connectivity index (χ1n) is 6.93. The number of amides is 1. The molecule has 1 aromatic rings. The van der Waals surface area contributed by atoms with Gasteiger partial charge in [-0.2, -0.15) is 0 Å². The van der Waals surface area contributed by atoms with Crippen molar-refractivity contribution in [1.82, 2.24) is 5.32 Å². The molecule has 0 aliphatic heterocycles. The topological polar surface area (TPSA) is 84.3 Å². The van der Waals surface area contributed by atoms with E-state index in [1.807, 2.05) is 6.92 Å². The van der Waals surface area contributed by atoms with Crippen LogP contribution in [0.3, 0.4) is 0 Å². The SMILES string of the molecule is CCNc1cccc(C(=O)NCC2CCC2)c1[N+](=O)[O-]. The van der Waals surface area contributed by atoms with Crippen molar-refractivity contribution in [3.05, 3.63) is 33.9 Å². The summed E-state index contributed by atoms with van der Waals surface area (Å²) in [4.78, 5) is 22.8. The number of nitrogens with zero attached hydrogens (tertiary/aromatic N) is 1. The van der Waals surface area contributed by atoms with Crippen molar-refractivity contribution in [3.63, 3.8) is 0 Å². The lowest BCUT2D eigenvalue weighted by atomic mass is 9.85. The number of rotatable bonds is 6. The van der Waals surface area contributed by atoms with E-state index in [1.54, 1.807) is 12.1 Å². The molecule has 6 heteroatoms. The number of benzene rings is 1. The van der Waals surface area contributed by atoms with Crippen LogP contribution in [0.1, 0.15) is 36.5 Å². The summed E-state index contributed by atoms with van der Waals surface area (Å²) in [5.41, 5.74) is 0.349. The number of carbonyl (C=O) groups excluding carboxylic acids is 1. The number of nitrogens with one attached hydrogen (secondary N) is 2. The second kappa shape index (κ2) is 6.36. The third-order valence-corrected chi connectivity index (χ3v) is 3.61. The summed E-state index contributed by atoms with van der Waals surface area (Å²) >= 11 is 0. The zero-order valence-electron chi connectivity index (χ0n) is 11.5. The number of nitro benzene ring substituents is 1. The quantitative estimate of drug-likeness (QED) is 0.618. The molecule has 1 aliphatic rings. The highest BCUT2D eigenvalue weighted by Gasteiger charge is 2.25. The van der Waals surface area contributed by atoms with E-state index in [4.69, 9.17) is 0 Å². The number of nitro groups is 1. The van der Waals surface area contributed by atoms with E-state index in [9.17, 15) is 14.9 Å². The summed E-state index contributed by atoms with van der Waals surface area (Å²) in [7, 11) is 0. The van der Waals surface area contributed by atoms with Gasteiger partial charge in [-0.15, -0.1) is 0 Å². The van der Waals surface area contributed by atoms with Gasteiger partial charge in [0.2, 0.25) is 0 Å². The van der Waals surface area contributed by atoms with Crippen LogP contribution in [0, 0.1) is 16.0 Å². The fraction of sp³-hybridized carbons (Fsp3) is 0.500. The van der Waals surface area contributed by atoms with Crippen molar-refractivity contribution in [1.29, 1.82) is 0 Å². The summed E-state index contributed by atoms with van der Waals surface area (Å²) in [5.74, 6) is 0.151. The molecule has 0 aromatic heterocycles. The molecule has 0 bridgehead atoms. The molecule has 0 atom stereocenters. The minimum atomic E-state index is -0.504. The van der Waals surface area contributed by atoms with Crippen molar-refractivity contribution < 1.29 is 9.72 Å². The largest absolute Gasteiger partial charge is 0.380 e. The predicted molar refractivity (Wildman–Crippen MR) is 76.9 cm³/mol. The highest BCUT2D eigenvalue weighted by atomic mass is 16.6. The highest BCUT2D eigenvalue weighted by molar-refractivity contribution is 6.00. The minimum Gasteiger partial charge on any atom is -0.380 e. The van der Waals surface area contributed by atoms with E-state index in [2.05, 4.69) is 10.6 Å². The first-order chi connectivity index (χ1) is 9.63. The summed E-state index contributed by atoms with van der Waals surface area (Å²) in [6.45, 7) is 3.02. The molecular weight excluding hydrogens is 258 g/mol. The van der Waals surface area contributed by atoms with Gasteiger partial charge in [-0.3, -0.25) is 14.9 Å². The monoisotopic (exact) mass is 277 g/mol. The Bertz CT molecular complexity index is 512. The van der Waals surface area contributed by atoms with Gasteiger partial charge in [0.25, 0.3) is 5.91 Å². The van der Waals surface area contributed by atoms with Gasteiger partial charge >= 0.3 is 5.69 Å². The van der Waals surface area contributed by atoms with Crippen LogP contribution in [-0.2, 0) is 0 Å². The van der Waals surface area contributed by atoms with Crippen LogP contribution in [-0.4, -0.2) is 23.9 Å². The van der Waals surface area contributed by atoms with Crippen molar-refractivity contribution >= 4 is 17.3 Å². The van der Waals surface area contributed by atoms with Gasteiger partial charge in [-0.05, 0) is 37.8 Å². The lowest BCUT2D eigenvalue weighted by molar-refractivity contribution is -0.384. The number of anilines is 1. The van der Waals surface area contributed by atoms with E-state index in [0.717, 1.165) is 12.8 Å². The van der Waals surface area contributed by atoms with Gasteiger partial charge in [-0.25, -0.2) is 0 Å². The average Bonchev–Trinajstić information content (AvgIpc) is 2.36. The van der Waals surface area contributed by atoms with Crippen molar-refractivity contribution in [3.8, 4) is 0 Å². The predicted octanol–water partition coefficient (Wildman–Crippen LogP) is 2.56. The Hall–Kier alpha value is -2.11. The average molecular weight is 277 g/mol. The Kier molecular flexibility index (Phi) is 4.55. The van der Waals surface area contributed by atoms with Gasteiger partial charge in [0.1, 0.15) is 11.3 Å². The maximum atomic E-state index is 12.1. The van der Waals surface area contributed by atoms with E-state index in [-0.39, 0.29) is 17.2 Å². The maximum absolute atomic E-state index is 12.1. The van der Waals surface area contributed by atoms with Crippen LogP contribution in [0.2, 0.25) is 0 Å². The van der Waals surface area contributed by atoms with Crippen LogP contribution in [0.15, 0.2) is 18.2 Å². The standard InChI is InChI=1S/C14H19N3O3/c1-2-15-12-8-4-7-11(13(12)17(19)20)14(18)16-9-10-5-3-6-10/h4,7-8,10,15H,2-3,5-6,9H2,1H3,(H,16,18). The molecule has 6 nitrogen and oxygen atoms in total. The minimum absolute atomic E-state index is 0.118. The third-order valence-electron chi connectivity index (χ3n) is 3.61. The highest BCUT2D eigenvalue weighted by Crippen LogP contribution is 2.29. The molecule has 108 valence electrons. The maximum Gasteiger partial charge on any atom is 0.305 e. The van der Waals surface area contributed by atoms with Gasteiger partial charge in [0.05, 0.1) is 4.92 Å². The van der Waals surface area contributed by atoms with E-state index >= 15 is 0 Å². The molecule has 1 aromatic carbocycles. The molecule has 0 saturated heterocycles. The fourth-order valence-corrected chi connectivity index (χ4v) is 2.29. The molecule has 0 heterocycles. The van der Waals surface area contributed by atoms with Crippen LogP contribution < -0.4 is 10.6 Å². The van der Waals surface area contributed by atoms with Crippen LogP contribution in [0.25, 0.3) is 0 Å². The fourth-order valence-electron chi connectivity index (χ4n) is 2.29. The molecule has 1 saturated carbocycles. The van der Waals surface area contributed by atoms with Crippen LogP contribution >= 0.6 is 0 Å². The molecule has 2 rings (SSSR count). The lowest BCUT2D eigenvalue weighted by Gasteiger charge is -2.25. The second-order valence-corrected chi connectivity index (χ2v) is 5.00. The molecule has 1 amide bonds. The smallest absolute Gasteiger partial charge is 0.305 e. The van der Waals surface area contributed by atoms with Crippen LogP contribution in [0.5, 0.6) is 0 Å². The molecule has 0 spiro atoms. The summed E-state index contributed by atoms with van der Waals surface area (Å²) in [5, 5.41) is 16.9. The Morgan fingerprint density at radius 3 is 2.75 bits per heavy atom. The summed E-state index contributed by atoms with van der Waals surface area (Å²) in [6, 6.07) is 4.77. The van der Waals surface area contributed by atoms with Gasteiger partial charge in [0, 0.05) is 13.1 Å². The van der Waals surface area contributed by atoms with Crippen molar-refractivity contribution in [2.45, 2.75) is 26.2 Å². The Labute approximate surface area is 117 Å². The Morgan fingerprint density at radius 1 is 1.45 bits per heavy atom. The molecule has 0 unspecified atom stereocenters. The molecular formula is C14H19N3O3.